The van der Waals surface area contributed by atoms with Crippen LogP contribution in [0.4, 0.5) is 0 Å². The summed E-state index contributed by atoms with van der Waals surface area (Å²) in [5.41, 5.74) is 0.675. The molecular weight excluding hydrogens is 210 g/mol. The lowest BCUT2D eigenvalue weighted by molar-refractivity contribution is 0.145. The first-order valence-corrected chi connectivity index (χ1v) is 7.40. The van der Waals surface area contributed by atoms with E-state index in [1.54, 1.807) is 0 Å². The number of aliphatic hydroxyl groups excluding tert-OH is 1. The molecule has 0 heterocycles. The molecule has 0 spiro atoms. The highest BCUT2D eigenvalue weighted by atomic mass is 16.3. The summed E-state index contributed by atoms with van der Waals surface area (Å²) in [6.07, 6.45) is 9.54. The molecule has 0 aromatic carbocycles. The Balaban J connectivity index is 1.72. The van der Waals surface area contributed by atoms with Crippen LogP contribution < -0.4 is 5.32 Å². The summed E-state index contributed by atoms with van der Waals surface area (Å²) in [7, 11) is 0. The number of nitrogens with one attached hydrogen (secondary N) is 1. The number of hydrogen-bond donors (Lipinski definition) is 2. The van der Waals surface area contributed by atoms with Crippen molar-refractivity contribution in [2.45, 2.75) is 58.8 Å². The average Bonchev–Trinajstić information content (AvgIpc) is 3.11. The van der Waals surface area contributed by atoms with Gasteiger partial charge in [0.25, 0.3) is 0 Å². The second kappa shape index (κ2) is 5.27. The molecule has 2 saturated carbocycles. The molecule has 0 unspecified atom stereocenters. The molecule has 2 aliphatic rings. The van der Waals surface area contributed by atoms with E-state index < -0.39 is 0 Å². The van der Waals surface area contributed by atoms with Crippen molar-refractivity contribution in [3.05, 3.63) is 0 Å². The molecule has 2 fully saturated rings. The van der Waals surface area contributed by atoms with Crippen LogP contribution in [0, 0.1) is 16.7 Å². The molecule has 2 nitrogen and oxygen atoms in total. The highest BCUT2D eigenvalue weighted by Crippen LogP contribution is 2.44. The fraction of sp³-hybridized carbons (Fsp3) is 1.00. The van der Waals surface area contributed by atoms with E-state index in [1.807, 2.05) is 0 Å². The lowest BCUT2D eigenvalue weighted by Crippen LogP contribution is -2.39. The van der Waals surface area contributed by atoms with Gasteiger partial charge in [0.1, 0.15) is 0 Å². The molecule has 100 valence electrons. The van der Waals surface area contributed by atoms with Crippen molar-refractivity contribution in [3.8, 4) is 0 Å². The molecule has 17 heavy (non-hydrogen) atoms. The van der Waals surface area contributed by atoms with E-state index in [0.717, 1.165) is 19.0 Å². The Bertz CT molecular complexity index is 239. The minimum Gasteiger partial charge on any atom is -0.396 e. The van der Waals surface area contributed by atoms with E-state index in [4.69, 9.17) is 0 Å². The van der Waals surface area contributed by atoms with Crippen LogP contribution in [0.1, 0.15) is 58.8 Å². The zero-order valence-electron chi connectivity index (χ0n) is 11.6. The van der Waals surface area contributed by atoms with Crippen molar-refractivity contribution < 1.29 is 5.11 Å². The Labute approximate surface area is 106 Å². The first-order chi connectivity index (χ1) is 8.08. The van der Waals surface area contributed by atoms with Gasteiger partial charge in [0, 0.05) is 25.1 Å². The zero-order valence-corrected chi connectivity index (χ0v) is 11.6. The summed E-state index contributed by atoms with van der Waals surface area (Å²) in [5.74, 6) is 0.896. The van der Waals surface area contributed by atoms with Crippen LogP contribution in [0.2, 0.25) is 0 Å². The van der Waals surface area contributed by atoms with Gasteiger partial charge in [0.2, 0.25) is 0 Å². The first kappa shape index (κ1) is 13.4. The van der Waals surface area contributed by atoms with Crippen molar-refractivity contribution in [2.75, 3.05) is 19.7 Å². The summed E-state index contributed by atoms with van der Waals surface area (Å²) in [5, 5.41) is 12.9. The zero-order chi connectivity index (χ0) is 12.4. The van der Waals surface area contributed by atoms with Crippen LogP contribution in [-0.2, 0) is 0 Å². The Hall–Kier alpha value is -0.0800. The summed E-state index contributed by atoms with van der Waals surface area (Å²) >= 11 is 0. The molecule has 0 aliphatic heterocycles. The predicted octanol–water partition coefficient (Wildman–Crippen LogP) is 2.96. The van der Waals surface area contributed by atoms with Crippen LogP contribution >= 0.6 is 0 Å². The standard InChI is InChI=1S/C15H29NO/c1-14(2,13-6-4-3-5-7-13)10-16-11-15(12-17)8-9-15/h13,16-17H,3-12H2,1-2H3. The van der Waals surface area contributed by atoms with E-state index in [-0.39, 0.29) is 5.41 Å². The van der Waals surface area contributed by atoms with Crippen molar-refractivity contribution in [1.29, 1.82) is 0 Å². The molecule has 0 atom stereocenters. The molecule has 0 aromatic heterocycles. The molecular formula is C15H29NO. The molecule has 0 amide bonds. The van der Waals surface area contributed by atoms with Gasteiger partial charge in [-0.05, 0) is 37.0 Å². The third-order valence-corrected chi connectivity index (χ3v) is 5.08. The number of rotatable bonds is 6. The fourth-order valence-electron chi connectivity index (χ4n) is 3.25. The summed E-state index contributed by atoms with van der Waals surface area (Å²) in [6.45, 7) is 7.31. The molecule has 0 aromatic rings. The van der Waals surface area contributed by atoms with Crippen LogP contribution in [-0.4, -0.2) is 24.8 Å². The van der Waals surface area contributed by atoms with Gasteiger partial charge in [0.05, 0.1) is 0 Å². The van der Waals surface area contributed by atoms with Crippen molar-refractivity contribution >= 4 is 0 Å². The molecule has 2 N–H and O–H groups in total. The van der Waals surface area contributed by atoms with Gasteiger partial charge in [-0.3, -0.25) is 0 Å². The van der Waals surface area contributed by atoms with Crippen molar-refractivity contribution in [2.24, 2.45) is 16.7 Å². The van der Waals surface area contributed by atoms with E-state index in [1.165, 1.54) is 44.9 Å². The van der Waals surface area contributed by atoms with Crippen molar-refractivity contribution in [3.63, 3.8) is 0 Å². The number of aliphatic hydroxyl groups is 1. The van der Waals surface area contributed by atoms with Crippen molar-refractivity contribution in [1.82, 2.24) is 5.32 Å². The van der Waals surface area contributed by atoms with Gasteiger partial charge >= 0.3 is 0 Å². The highest BCUT2D eigenvalue weighted by Gasteiger charge is 2.42. The Morgan fingerprint density at radius 1 is 1.18 bits per heavy atom. The second-order valence-corrected chi connectivity index (χ2v) is 7.09. The summed E-state index contributed by atoms with van der Waals surface area (Å²) < 4.78 is 0. The quantitative estimate of drug-likeness (QED) is 0.747. The minimum atomic E-state index is 0.253. The maximum absolute atomic E-state index is 9.29. The van der Waals surface area contributed by atoms with Crippen LogP contribution in [0.25, 0.3) is 0 Å². The van der Waals surface area contributed by atoms with Gasteiger partial charge in [-0.2, -0.15) is 0 Å². The largest absolute Gasteiger partial charge is 0.396 e. The Kier molecular flexibility index (Phi) is 4.14. The maximum atomic E-state index is 9.29. The first-order valence-electron chi connectivity index (χ1n) is 7.40. The third kappa shape index (κ3) is 3.45. The maximum Gasteiger partial charge on any atom is 0.0499 e. The van der Waals surface area contributed by atoms with Gasteiger partial charge in [0.15, 0.2) is 0 Å². The number of hydrogen-bond acceptors (Lipinski definition) is 2. The van der Waals surface area contributed by atoms with Gasteiger partial charge in [-0.1, -0.05) is 33.1 Å². The Morgan fingerprint density at radius 3 is 2.35 bits per heavy atom. The molecule has 0 saturated heterocycles. The summed E-state index contributed by atoms with van der Waals surface area (Å²) in [6, 6.07) is 0. The third-order valence-electron chi connectivity index (χ3n) is 5.08. The summed E-state index contributed by atoms with van der Waals surface area (Å²) in [4.78, 5) is 0. The normalized spacial score (nSPS) is 24.9. The lowest BCUT2D eigenvalue weighted by atomic mass is 9.71. The van der Waals surface area contributed by atoms with E-state index in [0.29, 0.717) is 12.0 Å². The van der Waals surface area contributed by atoms with Crippen LogP contribution in [0.5, 0.6) is 0 Å². The smallest absolute Gasteiger partial charge is 0.0499 e. The molecule has 2 heteroatoms. The average molecular weight is 239 g/mol. The van der Waals surface area contributed by atoms with Gasteiger partial charge in [-0.25, -0.2) is 0 Å². The van der Waals surface area contributed by atoms with Crippen LogP contribution in [0.15, 0.2) is 0 Å². The highest BCUT2D eigenvalue weighted by molar-refractivity contribution is 4.95. The molecule has 0 bridgehead atoms. The van der Waals surface area contributed by atoms with Gasteiger partial charge in [-0.15, -0.1) is 0 Å². The lowest BCUT2D eigenvalue weighted by Gasteiger charge is -2.37. The fourth-order valence-corrected chi connectivity index (χ4v) is 3.25. The Morgan fingerprint density at radius 2 is 1.82 bits per heavy atom. The van der Waals surface area contributed by atoms with E-state index in [2.05, 4.69) is 19.2 Å². The van der Waals surface area contributed by atoms with E-state index in [9.17, 15) is 5.11 Å². The van der Waals surface area contributed by atoms with Gasteiger partial charge < -0.3 is 10.4 Å². The molecule has 0 radical (unpaired) electrons. The second-order valence-electron chi connectivity index (χ2n) is 7.09. The van der Waals surface area contributed by atoms with Crippen LogP contribution in [0.3, 0.4) is 0 Å². The molecule has 2 rings (SSSR count). The SMILES string of the molecule is CC(C)(CNCC1(CO)CC1)C1CCCCC1. The van der Waals surface area contributed by atoms with E-state index >= 15 is 0 Å². The monoisotopic (exact) mass is 239 g/mol. The predicted molar refractivity (Wildman–Crippen MR) is 72.0 cm³/mol. The molecule has 2 aliphatic carbocycles. The minimum absolute atomic E-state index is 0.253. The topological polar surface area (TPSA) is 32.3 Å².